The molecule has 0 aromatic carbocycles. The quantitative estimate of drug-likeness (QED) is 0.870. The van der Waals surface area contributed by atoms with Gasteiger partial charge in [-0.05, 0) is 19.1 Å². The van der Waals surface area contributed by atoms with Gasteiger partial charge in [0.25, 0.3) is 0 Å². The van der Waals surface area contributed by atoms with E-state index in [4.69, 9.17) is 5.26 Å². The molecular formula is C17H22N6O. The van der Waals surface area contributed by atoms with Crippen LogP contribution in [0.3, 0.4) is 0 Å². The first-order valence-electron chi connectivity index (χ1n) is 8.22. The lowest BCUT2D eigenvalue weighted by atomic mass is 10.2. The predicted octanol–water partition coefficient (Wildman–Crippen LogP) is 1.43. The number of hydrogen-bond donors (Lipinski definition) is 2. The number of nitrogens with one attached hydrogen (secondary N) is 2. The Hall–Kier alpha value is -2.59. The zero-order valence-electron chi connectivity index (χ0n) is 14.1. The van der Waals surface area contributed by atoms with Gasteiger partial charge < -0.3 is 10.3 Å². The van der Waals surface area contributed by atoms with Crippen LogP contribution in [-0.2, 0) is 31.0 Å². The van der Waals surface area contributed by atoms with Crippen molar-refractivity contribution >= 4 is 5.91 Å². The first kappa shape index (κ1) is 16.3. The van der Waals surface area contributed by atoms with Crippen LogP contribution in [0.25, 0.3) is 0 Å². The fraction of sp³-hybridized carbons (Fsp3) is 0.471. The third-order valence-corrected chi connectivity index (χ3v) is 4.30. The van der Waals surface area contributed by atoms with Crippen LogP contribution in [0.5, 0.6) is 0 Å². The average molecular weight is 326 g/mol. The van der Waals surface area contributed by atoms with E-state index in [1.54, 1.807) is 0 Å². The van der Waals surface area contributed by atoms with Crippen LogP contribution in [0.4, 0.5) is 0 Å². The highest BCUT2D eigenvalue weighted by atomic mass is 16.1. The van der Waals surface area contributed by atoms with Gasteiger partial charge in [0.2, 0.25) is 5.91 Å². The largest absolute Gasteiger partial charge is 0.360 e. The minimum atomic E-state index is 0.0398. The van der Waals surface area contributed by atoms with E-state index in [0.29, 0.717) is 18.5 Å². The normalized spacial score (nSPS) is 14.2. The van der Waals surface area contributed by atoms with Crippen molar-refractivity contribution in [2.24, 2.45) is 0 Å². The molecule has 3 heterocycles. The maximum absolute atomic E-state index is 11.4. The van der Waals surface area contributed by atoms with Crippen LogP contribution in [0.2, 0.25) is 0 Å². The molecule has 0 saturated heterocycles. The Morgan fingerprint density at radius 3 is 3.00 bits per heavy atom. The van der Waals surface area contributed by atoms with E-state index in [2.05, 4.69) is 32.4 Å². The summed E-state index contributed by atoms with van der Waals surface area (Å²) in [4.78, 5) is 17.0. The molecule has 0 aliphatic carbocycles. The molecule has 0 fully saturated rings. The molecule has 0 unspecified atom stereocenters. The molecule has 7 nitrogen and oxygen atoms in total. The van der Waals surface area contributed by atoms with E-state index in [9.17, 15) is 4.79 Å². The van der Waals surface area contributed by atoms with Gasteiger partial charge in [-0.2, -0.15) is 10.4 Å². The molecule has 0 bridgehead atoms. The molecule has 1 aliphatic heterocycles. The highest BCUT2D eigenvalue weighted by Gasteiger charge is 2.19. The topological polar surface area (TPSA) is 89.7 Å². The molecule has 0 spiro atoms. The lowest BCUT2D eigenvalue weighted by molar-refractivity contribution is -0.120. The molecule has 7 heteroatoms. The van der Waals surface area contributed by atoms with Crippen molar-refractivity contribution in [3.05, 3.63) is 40.5 Å². The molecule has 3 rings (SSSR count). The van der Waals surface area contributed by atoms with Gasteiger partial charge >= 0.3 is 0 Å². The van der Waals surface area contributed by atoms with E-state index in [-0.39, 0.29) is 5.91 Å². The standard InChI is InChI=1S/C17H22N6O/c1-3-17(24)19-9-14-7-16-11-22(4-5-23(16)21-14)10-15-6-13(8-18)12(2)20-15/h6-7,20H,3-5,9-11H2,1-2H3,(H,19,24). The van der Waals surface area contributed by atoms with E-state index in [1.807, 2.05) is 24.6 Å². The van der Waals surface area contributed by atoms with Crippen molar-refractivity contribution < 1.29 is 4.79 Å². The van der Waals surface area contributed by atoms with Gasteiger partial charge in [0.15, 0.2) is 0 Å². The smallest absolute Gasteiger partial charge is 0.220 e. The van der Waals surface area contributed by atoms with Gasteiger partial charge in [-0.1, -0.05) is 6.92 Å². The minimum Gasteiger partial charge on any atom is -0.360 e. The molecule has 126 valence electrons. The monoisotopic (exact) mass is 326 g/mol. The number of H-pyrrole nitrogens is 1. The van der Waals surface area contributed by atoms with Crippen LogP contribution in [0.15, 0.2) is 12.1 Å². The number of aromatic nitrogens is 3. The predicted molar refractivity (Wildman–Crippen MR) is 88.7 cm³/mol. The fourth-order valence-electron chi connectivity index (χ4n) is 2.98. The first-order chi connectivity index (χ1) is 11.6. The third kappa shape index (κ3) is 3.49. The van der Waals surface area contributed by atoms with Crippen molar-refractivity contribution in [3.8, 4) is 6.07 Å². The third-order valence-electron chi connectivity index (χ3n) is 4.30. The Morgan fingerprint density at radius 2 is 2.29 bits per heavy atom. The number of carbonyl (C=O) groups excluding carboxylic acids is 1. The van der Waals surface area contributed by atoms with Crippen LogP contribution in [0.1, 0.15) is 41.7 Å². The molecule has 2 aromatic rings. The lowest BCUT2D eigenvalue weighted by Crippen LogP contribution is -2.33. The number of aryl methyl sites for hydroxylation is 1. The van der Waals surface area contributed by atoms with Gasteiger partial charge in [0.1, 0.15) is 6.07 Å². The Balaban J connectivity index is 1.62. The summed E-state index contributed by atoms with van der Waals surface area (Å²) in [7, 11) is 0. The van der Waals surface area contributed by atoms with E-state index >= 15 is 0 Å². The molecule has 1 amide bonds. The number of carbonyl (C=O) groups is 1. The number of rotatable bonds is 5. The number of hydrogen-bond acceptors (Lipinski definition) is 4. The molecule has 1 aliphatic rings. The summed E-state index contributed by atoms with van der Waals surface area (Å²) in [6.07, 6.45) is 0.488. The van der Waals surface area contributed by atoms with E-state index < -0.39 is 0 Å². The molecule has 2 aromatic heterocycles. The Bertz CT molecular complexity index is 782. The molecule has 0 saturated carbocycles. The number of nitriles is 1. The second kappa shape index (κ2) is 6.89. The SMILES string of the molecule is CCC(=O)NCc1cc2n(n1)CCN(Cc1cc(C#N)c(C)[nH]1)C2. The van der Waals surface area contributed by atoms with Gasteiger partial charge in [0.05, 0.1) is 30.0 Å². The fourth-order valence-corrected chi connectivity index (χ4v) is 2.98. The van der Waals surface area contributed by atoms with Crippen LogP contribution in [0, 0.1) is 18.3 Å². The minimum absolute atomic E-state index is 0.0398. The number of fused-ring (bicyclic) bond motifs is 1. The second-order valence-corrected chi connectivity index (χ2v) is 6.14. The Morgan fingerprint density at radius 1 is 1.46 bits per heavy atom. The maximum atomic E-state index is 11.4. The van der Waals surface area contributed by atoms with E-state index in [0.717, 1.165) is 49.0 Å². The van der Waals surface area contributed by atoms with Gasteiger partial charge in [-0.15, -0.1) is 0 Å². The summed E-state index contributed by atoms with van der Waals surface area (Å²) in [5.41, 5.74) is 4.75. The average Bonchev–Trinajstić information content (AvgIpc) is 3.14. The molecule has 0 radical (unpaired) electrons. The highest BCUT2D eigenvalue weighted by Crippen LogP contribution is 2.17. The lowest BCUT2D eigenvalue weighted by Gasteiger charge is -2.26. The highest BCUT2D eigenvalue weighted by molar-refractivity contribution is 5.75. The summed E-state index contributed by atoms with van der Waals surface area (Å²) in [5.74, 6) is 0.0398. The van der Waals surface area contributed by atoms with Gasteiger partial charge in [-0.25, -0.2) is 0 Å². The number of amides is 1. The Labute approximate surface area is 141 Å². The molecule has 0 atom stereocenters. The van der Waals surface area contributed by atoms with Gasteiger partial charge in [0, 0.05) is 37.4 Å². The van der Waals surface area contributed by atoms with Crippen molar-refractivity contribution in [1.29, 1.82) is 5.26 Å². The Kier molecular flexibility index (Phi) is 4.67. The summed E-state index contributed by atoms with van der Waals surface area (Å²) >= 11 is 0. The second-order valence-electron chi connectivity index (χ2n) is 6.14. The van der Waals surface area contributed by atoms with Gasteiger partial charge in [-0.3, -0.25) is 14.4 Å². The van der Waals surface area contributed by atoms with Crippen LogP contribution in [-0.4, -0.2) is 32.1 Å². The zero-order valence-corrected chi connectivity index (χ0v) is 14.1. The molecular weight excluding hydrogens is 304 g/mol. The van der Waals surface area contributed by atoms with E-state index in [1.165, 1.54) is 0 Å². The van der Waals surface area contributed by atoms with Crippen LogP contribution < -0.4 is 5.32 Å². The summed E-state index contributed by atoms with van der Waals surface area (Å²) < 4.78 is 2.02. The maximum Gasteiger partial charge on any atom is 0.220 e. The summed E-state index contributed by atoms with van der Waals surface area (Å²) in [5, 5.41) is 16.5. The first-order valence-corrected chi connectivity index (χ1v) is 8.22. The van der Waals surface area contributed by atoms with Crippen molar-refractivity contribution in [2.75, 3.05) is 6.54 Å². The van der Waals surface area contributed by atoms with Crippen molar-refractivity contribution in [2.45, 2.75) is 46.4 Å². The zero-order chi connectivity index (χ0) is 17.1. The molecule has 24 heavy (non-hydrogen) atoms. The van der Waals surface area contributed by atoms with Crippen molar-refractivity contribution in [1.82, 2.24) is 25.0 Å². The molecule has 2 N–H and O–H groups in total. The summed E-state index contributed by atoms with van der Waals surface area (Å²) in [6, 6.07) is 6.18. The van der Waals surface area contributed by atoms with Crippen LogP contribution >= 0.6 is 0 Å². The number of nitrogens with zero attached hydrogens (tertiary/aromatic N) is 4. The number of aromatic amines is 1. The summed E-state index contributed by atoms with van der Waals surface area (Å²) in [6.45, 7) is 7.59. The van der Waals surface area contributed by atoms with Crippen molar-refractivity contribution in [3.63, 3.8) is 0 Å².